The molecule has 2 nitrogen and oxygen atoms in total. The smallest absolute Gasteiger partial charge is 0.227 e. The first-order valence-electron chi connectivity index (χ1n) is 6.34. The Hall–Kier alpha value is -2.35. The molecule has 0 atom stereocenters. The van der Waals surface area contributed by atoms with Crippen molar-refractivity contribution in [2.45, 2.75) is 13.3 Å². The van der Waals surface area contributed by atoms with Crippen LogP contribution >= 0.6 is 0 Å². The zero-order chi connectivity index (χ0) is 13.2. The van der Waals surface area contributed by atoms with Crippen LogP contribution in [0.15, 0.2) is 59.5 Å². The van der Waals surface area contributed by atoms with Crippen molar-refractivity contribution in [3.63, 3.8) is 0 Å². The summed E-state index contributed by atoms with van der Waals surface area (Å²) in [7, 11) is 0. The molecule has 19 heavy (non-hydrogen) atoms. The summed E-state index contributed by atoms with van der Waals surface area (Å²) < 4.78 is 5.78. The fourth-order valence-corrected chi connectivity index (χ4v) is 2.21. The fraction of sp³-hybridized carbons (Fsp3) is 0.118. The van der Waals surface area contributed by atoms with Crippen LogP contribution in [0.2, 0.25) is 0 Å². The fourth-order valence-electron chi connectivity index (χ4n) is 2.21. The molecule has 94 valence electrons. The molecule has 1 heterocycles. The van der Waals surface area contributed by atoms with Gasteiger partial charge >= 0.3 is 0 Å². The minimum Gasteiger partial charge on any atom is -0.436 e. The number of rotatable bonds is 3. The van der Waals surface area contributed by atoms with Gasteiger partial charge in [-0.1, -0.05) is 24.3 Å². The van der Waals surface area contributed by atoms with Crippen molar-refractivity contribution in [3.05, 3.63) is 66.2 Å². The lowest BCUT2D eigenvalue weighted by atomic mass is 10.0. The van der Waals surface area contributed by atoms with E-state index in [1.807, 2.05) is 30.3 Å². The molecule has 0 radical (unpaired) electrons. The van der Waals surface area contributed by atoms with Crippen molar-refractivity contribution in [1.29, 1.82) is 0 Å². The topological polar surface area (TPSA) is 26.0 Å². The molecule has 0 aliphatic rings. The molecule has 0 aliphatic heterocycles. The maximum absolute atomic E-state index is 5.78. The zero-order valence-corrected chi connectivity index (χ0v) is 10.9. The second-order valence-electron chi connectivity index (χ2n) is 4.62. The van der Waals surface area contributed by atoms with Crippen molar-refractivity contribution < 1.29 is 4.42 Å². The third-order valence-corrected chi connectivity index (χ3v) is 3.25. The van der Waals surface area contributed by atoms with Crippen LogP contribution in [-0.4, -0.2) is 4.98 Å². The van der Waals surface area contributed by atoms with E-state index in [2.05, 4.69) is 36.7 Å². The van der Waals surface area contributed by atoms with Crippen molar-refractivity contribution in [3.8, 4) is 11.5 Å². The molecule has 0 N–H and O–H groups in total. The molecule has 3 rings (SSSR count). The number of nitrogens with zero attached hydrogens (tertiary/aromatic N) is 1. The second-order valence-corrected chi connectivity index (χ2v) is 4.62. The lowest BCUT2D eigenvalue weighted by Gasteiger charge is -2.04. The van der Waals surface area contributed by atoms with Crippen LogP contribution in [0.5, 0.6) is 0 Å². The summed E-state index contributed by atoms with van der Waals surface area (Å²) in [4.78, 5) is 4.51. The number of para-hydroxylation sites is 2. The molecule has 1 aromatic heterocycles. The van der Waals surface area contributed by atoms with Gasteiger partial charge in [0.1, 0.15) is 5.52 Å². The maximum Gasteiger partial charge on any atom is 0.227 e. The van der Waals surface area contributed by atoms with Gasteiger partial charge in [-0.15, -0.1) is 6.58 Å². The van der Waals surface area contributed by atoms with E-state index < -0.39 is 0 Å². The van der Waals surface area contributed by atoms with E-state index in [9.17, 15) is 0 Å². The van der Waals surface area contributed by atoms with Gasteiger partial charge in [0.15, 0.2) is 5.58 Å². The molecule has 0 saturated carbocycles. The van der Waals surface area contributed by atoms with E-state index in [-0.39, 0.29) is 0 Å². The first kappa shape index (κ1) is 11.7. The molecule has 0 saturated heterocycles. The summed E-state index contributed by atoms with van der Waals surface area (Å²) in [6.45, 7) is 5.88. The second kappa shape index (κ2) is 4.73. The van der Waals surface area contributed by atoms with Crippen LogP contribution in [0.1, 0.15) is 11.1 Å². The number of allylic oxidation sites excluding steroid dienone is 1. The highest BCUT2D eigenvalue weighted by Crippen LogP contribution is 2.25. The van der Waals surface area contributed by atoms with Crippen LogP contribution < -0.4 is 0 Å². The Kier molecular flexibility index (Phi) is 2.92. The van der Waals surface area contributed by atoms with E-state index in [1.54, 1.807) is 0 Å². The van der Waals surface area contributed by atoms with Crippen LogP contribution in [0, 0.1) is 6.92 Å². The third-order valence-electron chi connectivity index (χ3n) is 3.25. The van der Waals surface area contributed by atoms with Crippen LogP contribution in [0.25, 0.3) is 22.6 Å². The Morgan fingerprint density at radius 3 is 2.79 bits per heavy atom. The van der Waals surface area contributed by atoms with Crippen molar-refractivity contribution >= 4 is 11.1 Å². The van der Waals surface area contributed by atoms with Crippen LogP contribution in [-0.2, 0) is 6.42 Å². The number of aryl methyl sites for hydroxylation is 1. The van der Waals surface area contributed by atoms with Crippen molar-refractivity contribution in [2.75, 3.05) is 0 Å². The van der Waals surface area contributed by atoms with E-state index in [1.165, 1.54) is 11.1 Å². The van der Waals surface area contributed by atoms with E-state index in [0.29, 0.717) is 5.89 Å². The first-order chi connectivity index (χ1) is 9.28. The molecule has 0 unspecified atom stereocenters. The minimum absolute atomic E-state index is 0.675. The first-order valence-corrected chi connectivity index (χ1v) is 6.34. The summed E-state index contributed by atoms with van der Waals surface area (Å²) in [6.07, 6.45) is 2.81. The molecule has 0 amide bonds. The van der Waals surface area contributed by atoms with Gasteiger partial charge in [-0.2, -0.15) is 0 Å². The monoisotopic (exact) mass is 249 g/mol. The average molecular weight is 249 g/mol. The van der Waals surface area contributed by atoms with Gasteiger partial charge in [0.2, 0.25) is 5.89 Å². The van der Waals surface area contributed by atoms with E-state index in [4.69, 9.17) is 4.42 Å². The molecule has 0 bridgehead atoms. The molecular formula is C17H15NO. The van der Waals surface area contributed by atoms with Gasteiger partial charge in [0.25, 0.3) is 0 Å². The number of hydrogen-bond donors (Lipinski definition) is 0. The van der Waals surface area contributed by atoms with Gasteiger partial charge in [-0.25, -0.2) is 4.98 Å². The number of oxazole rings is 1. The largest absolute Gasteiger partial charge is 0.436 e. The highest BCUT2D eigenvalue weighted by atomic mass is 16.3. The summed E-state index contributed by atoms with van der Waals surface area (Å²) in [5.41, 5.74) is 5.26. The maximum atomic E-state index is 5.78. The molecule has 0 aliphatic carbocycles. The Morgan fingerprint density at radius 1 is 1.21 bits per heavy atom. The lowest BCUT2D eigenvalue weighted by Crippen LogP contribution is -1.88. The van der Waals surface area contributed by atoms with Crippen molar-refractivity contribution in [1.82, 2.24) is 4.98 Å². The zero-order valence-electron chi connectivity index (χ0n) is 10.9. The van der Waals surface area contributed by atoms with Crippen molar-refractivity contribution in [2.24, 2.45) is 0 Å². The summed E-state index contributed by atoms with van der Waals surface area (Å²) in [6, 6.07) is 14.1. The predicted molar refractivity (Wildman–Crippen MR) is 78.1 cm³/mol. The van der Waals surface area contributed by atoms with Crippen LogP contribution in [0.3, 0.4) is 0 Å². The molecular weight excluding hydrogens is 234 g/mol. The standard InChI is InChI=1S/C17H15NO/c1-3-6-13-9-10-14(11-12(13)2)17-18-15-7-4-5-8-16(15)19-17/h3-5,7-11H,1,6H2,2H3. The van der Waals surface area contributed by atoms with Gasteiger partial charge in [-0.3, -0.25) is 0 Å². The Labute approximate surface area is 112 Å². The van der Waals surface area contributed by atoms with Gasteiger partial charge < -0.3 is 4.42 Å². The Bertz CT molecular complexity index is 707. The van der Waals surface area contributed by atoms with Gasteiger partial charge in [0, 0.05) is 5.56 Å². The SMILES string of the molecule is C=CCc1ccc(-c2nc3ccccc3o2)cc1C. The number of hydrogen-bond acceptors (Lipinski definition) is 2. The average Bonchev–Trinajstić information content (AvgIpc) is 2.85. The molecule has 3 aromatic rings. The number of benzene rings is 2. The summed E-state index contributed by atoms with van der Waals surface area (Å²) in [5.74, 6) is 0.675. The van der Waals surface area contributed by atoms with Gasteiger partial charge in [0.05, 0.1) is 0 Å². The summed E-state index contributed by atoms with van der Waals surface area (Å²) >= 11 is 0. The van der Waals surface area contributed by atoms with E-state index in [0.717, 1.165) is 23.1 Å². The summed E-state index contributed by atoms with van der Waals surface area (Å²) in [5, 5.41) is 0. The van der Waals surface area contributed by atoms with Gasteiger partial charge in [-0.05, 0) is 48.7 Å². The van der Waals surface area contributed by atoms with E-state index >= 15 is 0 Å². The Morgan fingerprint density at radius 2 is 2.05 bits per heavy atom. The molecule has 2 aromatic carbocycles. The Balaban J connectivity index is 2.06. The third kappa shape index (κ3) is 2.17. The highest BCUT2D eigenvalue weighted by Gasteiger charge is 2.08. The quantitative estimate of drug-likeness (QED) is 0.637. The number of fused-ring (bicyclic) bond motifs is 1. The number of aromatic nitrogens is 1. The molecule has 0 spiro atoms. The molecule has 0 fully saturated rings. The normalized spacial score (nSPS) is 10.8. The minimum atomic E-state index is 0.675. The predicted octanol–water partition coefficient (Wildman–Crippen LogP) is 4.53. The highest BCUT2D eigenvalue weighted by molar-refractivity contribution is 5.76. The molecule has 2 heteroatoms. The lowest BCUT2D eigenvalue weighted by molar-refractivity contribution is 0.620. The van der Waals surface area contributed by atoms with Crippen LogP contribution in [0.4, 0.5) is 0 Å².